The lowest BCUT2D eigenvalue weighted by Gasteiger charge is -2.34. The summed E-state index contributed by atoms with van der Waals surface area (Å²) in [6.07, 6.45) is 2.03. The van der Waals surface area contributed by atoms with Crippen molar-refractivity contribution in [1.82, 2.24) is 5.32 Å². The summed E-state index contributed by atoms with van der Waals surface area (Å²) in [5.74, 6) is 0.974. The van der Waals surface area contributed by atoms with Crippen LogP contribution in [0.3, 0.4) is 0 Å². The molecule has 6 heteroatoms. The van der Waals surface area contributed by atoms with Crippen LogP contribution in [0.25, 0.3) is 0 Å². The van der Waals surface area contributed by atoms with E-state index in [0.29, 0.717) is 11.8 Å². The summed E-state index contributed by atoms with van der Waals surface area (Å²) < 4.78 is 5.59. The summed E-state index contributed by atoms with van der Waals surface area (Å²) in [7, 11) is 1.61. The van der Waals surface area contributed by atoms with Crippen LogP contribution >= 0.6 is 0 Å². The van der Waals surface area contributed by atoms with Crippen molar-refractivity contribution in [3.05, 3.63) is 27.8 Å². The van der Waals surface area contributed by atoms with Crippen LogP contribution in [-0.4, -0.2) is 37.7 Å². The zero-order valence-corrected chi connectivity index (χ0v) is 12.5. The van der Waals surface area contributed by atoms with Gasteiger partial charge in [0.15, 0.2) is 5.75 Å². The van der Waals surface area contributed by atoms with Crippen LogP contribution in [0.4, 0.5) is 11.4 Å². The quantitative estimate of drug-likeness (QED) is 0.681. The van der Waals surface area contributed by atoms with Crippen molar-refractivity contribution in [2.75, 3.05) is 31.6 Å². The second-order valence-corrected chi connectivity index (χ2v) is 5.88. The number of methoxy groups -OCH3 is 1. The summed E-state index contributed by atoms with van der Waals surface area (Å²) >= 11 is 0. The number of benzene rings is 1. The molecule has 0 aromatic heterocycles. The molecule has 1 heterocycles. The normalized spacial score (nSPS) is 22.2. The number of nitrogens with one attached hydrogen (secondary N) is 1. The van der Waals surface area contributed by atoms with Gasteiger partial charge in [0.2, 0.25) is 0 Å². The monoisotopic (exact) mass is 291 g/mol. The summed E-state index contributed by atoms with van der Waals surface area (Å²) in [5.41, 5.74) is 1.96. The molecule has 1 atom stereocenters. The lowest BCUT2D eigenvalue weighted by molar-refractivity contribution is -0.385. The molecule has 114 valence electrons. The van der Waals surface area contributed by atoms with Crippen molar-refractivity contribution in [2.24, 2.45) is 0 Å². The molecule has 1 saturated heterocycles. The standard InChI is InChI=1S/C15H21N3O3/c1-10-9-17(8-7-16-10)13-6-5-12(18(19)20)14(11-3-4-11)15(13)21-2/h5-6,10-11,16H,3-4,7-9H2,1-2H3. The number of nitrogens with zero attached hydrogens (tertiary/aromatic N) is 2. The minimum absolute atomic E-state index is 0.196. The van der Waals surface area contributed by atoms with Crippen molar-refractivity contribution < 1.29 is 9.66 Å². The van der Waals surface area contributed by atoms with Crippen LogP contribution < -0.4 is 15.0 Å². The van der Waals surface area contributed by atoms with Gasteiger partial charge in [0.05, 0.1) is 23.3 Å². The number of nitro groups is 1. The largest absolute Gasteiger partial charge is 0.494 e. The van der Waals surface area contributed by atoms with Gasteiger partial charge in [0.1, 0.15) is 0 Å². The van der Waals surface area contributed by atoms with Gasteiger partial charge in [-0.1, -0.05) is 0 Å². The Kier molecular flexibility index (Phi) is 3.71. The highest BCUT2D eigenvalue weighted by atomic mass is 16.6. The van der Waals surface area contributed by atoms with Gasteiger partial charge in [-0.3, -0.25) is 10.1 Å². The Balaban J connectivity index is 2.04. The average Bonchev–Trinajstić information content (AvgIpc) is 3.30. The fraction of sp³-hybridized carbons (Fsp3) is 0.600. The van der Waals surface area contributed by atoms with E-state index in [-0.39, 0.29) is 16.5 Å². The predicted molar refractivity (Wildman–Crippen MR) is 81.3 cm³/mol. The van der Waals surface area contributed by atoms with Gasteiger partial charge in [-0.05, 0) is 31.7 Å². The number of anilines is 1. The van der Waals surface area contributed by atoms with Crippen LogP contribution in [-0.2, 0) is 0 Å². The minimum Gasteiger partial charge on any atom is -0.494 e. The summed E-state index contributed by atoms with van der Waals surface area (Å²) in [6.45, 7) is 4.84. The van der Waals surface area contributed by atoms with Crippen LogP contribution in [0.1, 0.15) is 31.2 Å². The third-order valence-corrected chi connectivity index (χ3v) is 4.25. The molecule has 1 aliphatic carbocycles. The Labute approximate surface area is 124 Å². The Morgan fingerprint density at radius 1 is 1.43 bits per heavy atom. The van der Waals surface area contributed by atoms with Crippen molar-refractivity contribution in [1.29, 1.82) is 0 Å². The molecular weight excluding hydrogens is 270 g/mol. The molecule has 1 unspecified atom stereocenters. The highest BCUT2D eigenvalue weighted by molar-refractivity contribution is 5.69. The molecular formula is C15H21N3O3. The fourth-order valence-corrected chi connectivity index (χ4v) is 3.12. The van der Waals surface area contributed by atoms with Crippen molar-refractivity contribution >= 4 is 11.4 Å². The first kappa shape index (κ1) is 14.1. The third kappa shape index (κ3) is 2.68. The molecule has 1 aromatic rings. The van der Waals surface area contributed by atoms with Gasteiger partial charge in [-0.2, -0.15) is 0 Å². The zero-order valence-electron chi connectivity index (χ0n) is 12.5. The van der Waals surface area contributed by atoms with Gasteiger partial charge in [0.25, 0.3) is 5.69 Å². The molecule has 6 nitrogen and oxygen atoms in total. The molecule has 1 saturated carbocycles. The van der Waals surface area contributed by atoms with E-state index in [4.69, 9.17) is 4.74 Å². The van der Waals surface area contributed by atoms with E-state index in [1.54, 1.807) is 13.2 Å². The average molecular weight is 291 g/mol. The molecule has 0 amide bonds. The maximum absolute atomic E-state index is 11.3. The molecule has 2 aliphatic rings. The van der Waals surface area contributed by atoms with Gasteiger partial charge in [-0.15, -0.1) is 0 Å². The first-order valence-corrected chi connectivity index (χ1v) is 7.45. The summed E-state index contributed by atoms with van der Waals surface area (Å²) in [4.78, 5) is 13.3. The Hall–Kier alpha value is -1.82. The Bertz CT molecular complexity index is 557. The molecule has 1 aromatic carbocycles. The SMILES string of the molecule is COc1c(N2CCNC(C)C2)ccc([N+](=O)[O-])c1C1CC1. The fourth-order valence-electron chi connectivity index (χ4n) is 3.12. The Morgan fingerprint density at radius 3 is 2.76 bits per heavy atom. The smallest absolute Gasteiger partial charge is 0.276 e. The maximum Gasteiger partial charge on any atom is 0.276 e. The molecule has 3 rings (SSSR count). The van der Waals surface area contributed by atoms with Gasteiger partial charge in [0, 0.05) is 31.7 Å². The second kappa shape index (κ2) is 5.52. The summed E-state index contributed by atoms with van der Waals surface area (Å²) in [6, 6.07) is 3.88. The number of nitro benzene ring substituents is 1. The van der Waals surface area contributed by atoms with Gasteiger partial charge in [-0.25, -0.2) is 0 Å². The van der Waals surface area contributed by atoms with E-state index in [2.05, 4.69) is 17.1 Å². The van der Waals surface area contributed by atoms with Crippen LogP contribution in [0.5, 0.6) is 5.75 Å². The van der Waals surface area contributed by atoms with E-state index in [9.17, 15) is 10.1 Å². The molecule has 1 N–H and O–H groups in total. The number of hydrogen-bond acceptors (Lipinski definition) is 5. The van der Waals surface area contributed by atoms with Crippen LogP contribution in [0.2, 0.25) is 0 Å². The van der Waals surface area contributed by atoms with Crippen molar-refractivity contribution in [2.45, 2.75) is 31.7 Å². The topological polar surface area (TPSA) is 67.6 Å². The van der Waals surface area contributed by atoms with Crippen molar-refractivity contribution in [3.8, 4) is 5.75 Å². The molecule has 21 heavy (non-hydrogen) atoms. The number of ether oxygens (including phenoxy) is 1. The number of rotatable bonds is 4. The molecule has 2 fully saturated rings. The van der Waals surface area contributed by atoms with E-state index in [1.807, 2.05) is 6.07 Å². The van der Waals surface area contributed by atoms with Gasteiger partial charge >= 0.3 is 0 Å². The van der Waals surface area contributed by atoms with E-state index < -0.39 is 0 Å². The van der Waals surface area contributed by atoms with Gasteiger partial charge < -0.3 is 15.0 Å². The lowest BCUT2D eigenvalue weighted by atomic mass is 10.0. The first-order chi connectivity index (χ1) is 10.1. The number of hydrogen-bond donors (Lipinski definition) is 1. The van der Waals surface area contributed by atoms with Crippen LogP contribution in [0.15, 0.2) is 12.1 Å². The Morgan fingerprint density at radius 2 is 2.19 bits per heavy atom. The highest BCUT2D eigenvalue weighted by Gasteiger charge is 2.36. The summed E-state index contributed by atoms with van der Waals surface area (Å²) in [5, 5.41) is 14.7. The second-order valence-electron chi connectivity index (χ2n) is 5.88. The van der Waals surface area contributed by atoms with E-state index in [0.717, 1.165) is 43.7 Å². The molecule has 1 aliphatic heterocycles. The maximum atomic E-state index is 11.3. The zero-order chi connectivity index (χ0) is 15.0. The van der Waals surface area contributed by atoms with E-state index >= 15 is 0 Å². The highest BCUT2D eigenvalue weighted by Crippen LogP contribution is 2.51. The third-order valence-electron chi connectivity index (χ3n) is 4.25. The molecule has 0 radical (unpaired) electrons. The van der Waals surface area contributed by atoms with Crippen molar-refractivity contribution in [3.63, 3.8) is 0 Å². The van der Waals surface area contributed by atoms with E-state index in [1.165, 1.54) is 0 Å². The lowest BCUT2D eigenvalue weighted by Crippen LogP contribution is -2.49. The molecule has 0 bridgehead atoms. The van der Waals surface area contributed by atoms with Crippen LogP contribution in [0, 0.1) is 10.1 Å². The molecule has 0 spiro atoms. The first-order valence-electron chi connectivity index (χ1n) is 7.45. The predicted octanol–water partition coefficient (Wildman–Crippen LogP) is 2.28. The minimum atomic E-state index is -0.291. The number of piperazine rings is 1.